The van der Waals surface area contributed by atoms with E-state index in [2.05, 4.69) is 15.1 Å². The topological polar surface area (TPSA) is 35.6 Å². The van der Waals surface area contributed by atoms with Crippen LogP contribution in [0.3, 0.4) is 0 Å². The van der Waals surface area contributed by atoms with Crippen LogP contribution in [0.25, 0.3) is 0 Å². The monoisotopic (exact) mass is 279 g/mol. The van der Waals surface area contributed by atoms with Crippen molar-refractivity contribution in [2.24, 2.45) is 0 Å². The van der Waals surface area contributed by atoms with E-state index in [1.54, 1.807) is 0 Å². The zero-order chi connectivity index (χ0) is 13.8. The second-order valence-corrected chi connectivity index (χ2v) is 6.73. The van der Waals surface area contributed by atoms with Gasteiger partial charge in [-0.3, -0.25) is 9.69 Å². The molecule has 20 heavy (non-hydrogen) atoms. The average Bonchev–Trinajstić information content (AvgIpc) is 2.99. The zero-order valence-corrected chi connectivity index (χ0v) is 12.6. The zero-order valence-electron chi connectivity index (χ0n) is 12.6. The molecule has 0 aromatic carbocycles. The Morgan fingerprint density at radius 1 is 1.00 bits per heavy atom. The first-order valence-electron chi connectivity index (χ1n) is 8.58. The molecule has 3 rings (SSSR count). The van der Waals surface area contributed by atoms with Crippen molar-refractivity contribution in [1.29, 1.82) is 0 Å². The van der Waals surface area contributed by atoms with Gasteiger partial charge in [-0.1, -0.05) is 12.8 Å². The van der Waals surface area contributed by atoms with E-state index >= 15 is 0 Å². The van der Waals surface area contributed by atoms with Gasteiger partial charge in [-0.15, -0.1) is 0 Å². The first-order chi connectivity index (χ1) is 9.83. The molecule has 1 N–H and O–H groups in total. The minimum atomic E-state index is 0.379. The Hall–Kier alpha value is -0.610. The van der Waals surface area contributed by atoms with Crippen molar-refractivity contribution in [3.05, 3.63) is 0 Å². The van der Waals surface area contributed by atoms with Crippen LogP contribution in [0.4, 0.5) is 0 Å². The molecule has 0 radical (unpaired) electrons. The van der Waals surface area contributed by atoms with Crippen LogP contribution in [0.5, 0.6) is 0 Å². The Morgan fingerprint density at radius 2 is 1.85 bits per heavy atom. The van der Waals surface area contributed by atoms with Gasteiger partial charge in [0, 0.05) is 31.6 Å². The number of carbonyl (C=O) groups excluding carboxylic acids is 1. The van der Waals surface area contributed by atoms with Crippen molar-refractivity contribution in [2.45, 2.75) is 63.5 Å². The van der Waals surface area contributed by atoms with Crippen molar-refractivity contribution in [1.82, 2.24) is 15.1 Å². The van der Waals surface area contributed by atoms with E-state index < -0.39 is 0 Å². The summed E-state index contributed by atoms with van der Waals surface area (Å²) >= 11 is 0. The number of carbonyl (C=O) groups is 1. The van der Waals surface area contributed by atoms with E-state index in [0.29, 0.717) is 24.4 Å². The highest BCUT2D eigenvalue weighted by molar-refractivity contribution is 5.77. The Balaban J connectivity index is 1.45. The van der Waals surface area contributed by atoms with Gasteiger partial charge in [0.1, 0.15) is 0 Å². The smallest absolute Gasteiger partial charge is 0.224 e. The molecule has 0 aromatic rings. The summed E-state index contributed by atoms with van der Waals surface area (Å²) in [7, 11) is 0. The number of piperidine rings is 2. The van der Waals surface area contributed by atoms with Crippen LogP contribution in [0.2, 0.25) is 0 Å². The first kappa shape index (κ1) is 14.3. The van der Waals surface area contributed by atoms with Crippen LogP contribution in [0, 0.1) is 0 Å². The lowest BCUT2D eigenvalue weighted by Gasteiger charge is -2.32. The highest BCUT2D eigenvalue weighted by Crippen LogP contribution is 2.21. The Bertz CT molecular complexity index is 322. The van der Waals surface area contributed by atoms with Crippen LogP contribution >= 0.6 is 0 Å². The molecule has 1 amide bonds. The fourth-order valence-corrected chi connectivity index (χ4v) is 3.99. The molecule has 0 saturated carbocycles. The van der Waals surface area contributed by atoms with E-state index in [4.69, 9.17) is 0 Å². The molecule has 114 valence electrons. The van der Waals surface area contributed by atoms with Crippen LogP contribution < -0.4 is 5.32 Å². The van der Waals surface area contributed by atoms with E-state index in [1.165, 1.54) is 58.0 Å². The fraction of sp³-hybridized carbons (Fsp3) is 0.938. The predicted octanol–water partition coefficient (Wildman–Crippen LogP) is 1.61. The molecule has 4 heteroatoms. The molecular formula is C16H29N3O. The van der Waals surface area contributed by atoms with E-state index in [1.807, 2.05) is 0 Å². The maximum Gasteiger partial charge on any atom is 0.224 e. The molecule has 3 heterocycles. The highest BCUT2D eigenvalue weighted by atomic mass is 16.2. The van der Waals surface area contributed by atoms with Crippen molar-refractivity contribution in [3.8, 4) is 0 Å². The van der Waals surface area contributed by atoms with Gasteiger partial charge in [0.15, 0.2) is 0 Å². The minimum Gasteiger partial charge on any atom is -0.341 e. The largest absolute Gasteiger partial charge is 0.341 e. The van der Waals surface area contributed by atoms with Crippen LogP contribution in [0.15, 0.2) is 0 Å². The summed E-state index contributed by atoms with van der Waals surface area (Å²) in [5, 5.41) is 3.49. The SMILES string of the molecule is O=C(CC1CCCCN1)N1CCC(N2CCCCC2)C1. The van der Waals surface area contributed by atoms with Gasteiger partial charge in [-0.2, -0.15) is 0 Å². The summed E-state index contributed by atoms with van der Waals surface area (Å²) in [6, 6.07) is 1.07. The predicted molar refractivity (Wildman–Crippen MR) is 80.7 cm³/mol. The first-order valence-corrected chi connectivity index (χ1v) is 8.58. The van der Waals surface area contributed by atoms with Gasteiger partial charge in [0.05, 0.1) is 0 Å². The number of likely N-dealkylation sites (tertiary alicyclic amines) is 2. The number of nitrogens with one attached hydrogen (secondary N) is 1. The summed E-state index contributed by atoms with van der Waals surface area (Å²) < 4.78 is 0. The number of hydrogen-bond donors (Lipinski definition) is 1. The summed E-state index contributed by atoms with van der Waals surface area (Å²) in [6.45, 7) is 5.54. The lowest BCUT2D eigenvalue weighted by molar-refractivity contribution is -0.131. The molecular weight excluding hydrogens is 250 g/mol. The molecule has 4 nitrogen and oxygen atoms in total. The third kappa shape index (κ3) is 3.53. The quantitative estimate of drug-likeness (QED) is 0.852. The molecule has 3 aliphatic heterocycles. The highest BCUT2D eigenvalue weighted by Gasteiger charge is 2.31. The van der Waals surface area contributed by atoms with Gasteiger partial charge >= 0.3 is 0 Å². The van der Waals surface area contributed by atoms with Gasteiger partial charge in [-0.25, -0.2) is 0 Å². The summed E-state index contributed by atoms with van der Waals surface area (Å²) in [5.74, 6) is 0.379. The van der Waals surface area contributed by atoms with Gasteiger partial charge < -0.3 is 10.2 Å². The maximum atomic E-state index is 12.4. The summed E-state index contributed by atoms with van der Waals surface area (Å²) in [5.41, 5.74) is 0. The Morgan fingerprint density at radius 3 is 2.60 bits per heavy atom. The molecule has 2 unspecified atom stereocenters. The fourth-order valence-electron chi connectivity index (χ4n) is 3.99. The molecule has 3 saturated heterocycles. The van der Waals surface area contributed by atoms with Crippen molar-refractivity contribution in [2.75, 3.05) is 32.7 Å². The van der Waals surface area contributed by atoms with Crippen LogP contribution in [-0.2, 0) is 4.79 Å². The average molecular weight is 279 g/mol. The molecule has 0 bridgehead atoms. The van der Waals surface area contributed by atoms with Crippen LogP contribution in [0.1, 0.15) is 51.4 Å². The van der Waals surface area contributed by atoms with Crippen molar-refractivity contribution < 1.29 is 4.79 Å². The maximum absolute atomic E-state index is 12.4. The Labute approximate surface area is 122 Å². The molecule has 0 aromatic heterocycles. The van der Waals surface area contributed by atoms with Crippen molar-refractivity contribution >= 4 is 5.91 Å². The lowest BCUT2D eigenvalue weighted by atomic mass is 10.0. The van der Waals surface area contributed by atoms with Crippen LogP contribution in [-0.4, -0.2) is 60.5 Å². The van der Waals surface area contributed by atoms with Gasteiger partial charge in [0.2, 0.25) is 5.91 Å². The molecule has 0 aliphatic carbocycles. The normalized spacial score (nSPS) is 32.5. The van der Waals surface area contributed by atoms with E-state index in [9.17, 15) is 4.79 Å². The minimum absolute atomic E-state index is 0.379. The number of amides is 1. The van der Waals surface area contributed by atoms with Crippen molar-refractivity contribution in [3.63, 3.8) is 0 Å². The van der Waals surface area contributed by atoms with E-state index in [-0.39, 0.29) is 0 Å². The summed E-state index contributed by atoms with van der Waals surface area (Å²) in [6.07, 6.45) is 9.70. The lowest BCUT2D eigenvalue weighted by Crippen LogP contribution is -2.43. The molecule has 3 aliphatic rings. The number of hydrogen-bond acceptors (Lipinski definition) is 3. The third-order valence-corrected chi connectivity index (χ3v) is 5.26. The molecule has 0 spiro atoms. The molecule has 3 fully saturated rings. The third-order valence-electron chi connectivity index (χ3n) is 5.26. The summed E-state index contributed by atoms with van der Waals surface area (Å²) in [4.78, 5) is 17.2. The second kappa shape index (κ2) is 6.90. The Kier molecular flexibility index (Phi) is 4.94. The number of nitrogens with zero attached hydrogens (tertiary/aromatic N) is 2. The number of rotatable bonds is 3. The molecule has 2 atom stereocenters. The van der Waals surface area contributed by atoms with Gasteiger partial charge in [0.25, 0.3) is 0 Å². The van der Waals surface area contributed by atoms with E-state index in [0.717, 1.165) is 19.6 Å². The van der Waals surface area contributed by atoms with Gasteiger partial charge in [-0.05, 0) is 51.7 Å². The second-order valence-electron chi connectivity index (χ2n) is 6.73. The standard InChI is InChI=1S/C16H29N3O/c20-16(12-14-6-2-3-8-17-14)19-11-7-15(13-19)18-9-4-1-5-10-18/h14-15,17H,1-13H2.